The van der Waals surface area contributed by atoms with Gasteiger partial charge in [-0.25, -0.2) is 0 Å². The minimum Gasteiger partial charge on any atom is -0.260 e. The number of rotatable bonds is 1. The van der Waals surface area contributed by atoms with Crippen LogP contribution in [0.25, 0.3) is 0 Å². The zero-order chi connectivity index (χ0) is 6.69. The van der Waals surface area contributed by atoms with Gasteiger partial charge in [0.1, 0.15) is 0 Å². The predicted octanol–water partition coefficient (Wildman–Crippen LogP) is 2.58. The summed E-state index contributed by atoms with van der Waals surface area (Å²) < 4.78 is 1.02. The first-order valence-corrected chi connectivity index (χ1v) is 3.82. The molecule has 1 nitrogen and oxygen atoms in total. The lowest BCUT2D eigenvalue weighted by Crippen LogP contribution is -1.81. The van der Waals surface area contributed by atoms with Crippen molar-refractivity contribution in [3.05, 3.63) is 28.5 Å². The third-order valence-electron chi connectivity index (χ3n) is 0.916. The van der Waals surface area contributed by atoms with Crippen molar-refractivity contribution in [1.29, 1.82) is 0 Å². The first-order valence-electron chi connectivity index (χ1n) is 2.49. The highest BCUT2D eigenvalue weighted by Crippen LogP contribution is 2.09. The SMILES string of the molecule is ClCc1cc(Br)ccn1. The van der Waals surface area contributed by atoms with Gasteiger partial charge in [-0.2, -0.15) is 0 Å². The Balaban J connectivity index is 2.94. The van der Waals surface area contributed by atoms with Gasteiger partial charge in [-0.05, 0) is 12.1 Å². The fourth-order valence-electron chi connectivity index (χ4n) is 0.522. The number of hydrogen-bond acceptors (Lipinski definition) is 1. The minimum absolute atomic E-state index is 0.472. The van der Waals surface area contributed by atoms with Gasteiger partial charge in [-0.1, -0.05) is 15.9 Å². The Labute approximate surface area is 67.2 Å². The molecule has 1 aromatic rings. The van der Waals surface area contributed by atoms with E-state index in [4.69, 9.17) is 11.6 Å². The summed E-state index contributed by atoms with van der Waals surface area (Å²) in [6.07, 6.45) is 1.72. The molecule has 0 amide bonds. The molecule has 0 saturated heterocycles. The van der Waals surface area contributed by atoms with Crippen LogP contribution < -0.4 is 0 Å². The van der Waals surface area contributed by atoms with Crippen molar-refractivity contribution in [1.82, 2.24) is 4.98 Å². The van der Waals surface area contributed by atoms with Crippen LogP contribution in [0.2, 0.25) is 0 Å². The summed E-state index contributed by atoms with van der Waals surface area (Å²) in [6.45, 7) is 0. The molecule has 0 aromatic carbocycles. The largest absolute Gasteiger partial charge is 0.260 e. The third kappa shape index (κ3) is 1.95. The van der Waals surface area contributed by atoms with Crippen LogP contribution in [0.4, 0.5) is 0 Å². The highest BCUT2D eigenvalue weighted by molar-refractivity contribution is 9.10. The molecule has 3 heteroatoms. The number of hydrogen-bond donors (Lipinski definition) is 0. The number of alkyl halides is 1. The minimum atomic E-state index is 0.472. The van der Waals surface area contributed by atoms with Crippen LogP contribution in [0.1, 0.15) is 5.69 Å². The van der Waals surface area contributed by atoms with Gasteiger partial charge in [0.15, 0.2) is 0 Å². The van der Waals surface area contributed by atoms with E-state index in [1.54, 1.807) is 6.20 Å². The fraction of sp³-hybridized carbons (Fsp3) is 0.167. The van der Waals surface area contributed by atoms with Crippen molar-refractivity contribution in [2.75, 3.05) is 0 Å². The second-order valence-corrected chi connectivity index (χ2v) is 2.78. The number of nitrogens with zero attached hydrogens (tertiary/aromatic N) is 1. The van der Waals surface area contributed by atoms with Crippen LogP contribution in [0.15, 0.2) is 22.8 Å². The van der Waals surface area contributed by atoms with Crippen molar-refractivity contribution < 1.29 is 0 Å². The van der Waals surface area contributed by atoms with Crippen molar-refractivity contribution in [3.63, 3.8) is 0 Å². The summed E-state index contributed by atoms with van der Waals surface area (Å²) in [4.78, 5) is 4.00. The topological polar surface area (TPSA) is 12.9 Å². The Kier molecular flexibility index (Phi) is 2.49. The number of pyridine rings is 1. The average Bonchev–Trinajstić information content (AvgIpc) is 1.88. The van der Waals surface area contributed by atoms with Crippen LogP contribution in [-0.4, -0.2) is 4.98 Å². The Morgan fingerprint density at radius 2 is 2.44 bits per heavy atom. The van der Waals surface area contributed by atoms with E-state index in [1.807, 2.05) is 12.1 Å². The number of aromatic nitrogens is 1. The molecule has 0 spiro atoms. The van der Waals surface area contributed by atoms with E-state index in [-0.39, 0.29) is 0 Å². The number of halogens is 2. The molecule has 0 unspecified atom stereocenters. The lowest BCUT2D eigenvalue weighted by Gasteiger charge is -1.91. The summed E-state index contributed by atoms with van der Waals surface area (Å²) in [5.41, 5.74) is 0.894. The quantitative estimate of drug-likeness (QED) is 0.644. The van der Waals surface area contributed by atoms with E-state index in [9.17, 15) is 0 Å². The van der Waals surface area contributed by atoms with Gasteiger partial charge in [0, 0.05) is 10.7 Å². The van der Waals surface area contributed by atoms with Gasteiger partial charge < -0.3 is 0 Å². The molecule has 0 aliphatic rings. The van der Waals surface area contributed by atoms with E-state index in [2.05, 4.69) is 20.9 Å². The summed E-state index contributed by atoms with van der Waals surface area (Å²) in [6, 6.07) is 3.77. The molecule has 0 aliphatic heterocycles. The molecular weight excluding hydrogens is 201 g/mol. The average molecular weight is 206 g/mol. The molecule has 0 N–H and O–H groups in total. The van der Waals surface area contributed by atoms with E-state index < -0.39 is 0 Å². The predicted molar refractivity (Wildman–Crippen MR) is 41.5 cm³/mol. The van der Waals surface area contributed by atoms with Crippen LogP contribution >= 0.6 is 27.5 Å². The summed E-state index contributed by atoms with van der Waals surface area (Å²) in [7, 11) is 0. The van der Waals surface area contributed by atoms with E-state index in [0.29, 0.717) is 5.88 Å². The van der Waals surface area contributed by atoms with Crippen molar-refractivity contribution in [2.45, 2.75) is 5.88 Å². The molecule has 48 valence electrons. The van der Waals surface area contributed by atoms with Crippen LogP contribution in [0, 0.1) is 0 Å². The monoisotopic (exact) mass is 205 g/mol. The Morgan fingerprint density at radius 1 is 1.67 bits per heavy atom. The maximum absolute atomic E-state index is 5.52. The molecule has 0 saturated carbocycles. The second kappa shape index (κ2) is 3.18. The van der Waals surface area contributed by atoms with Crippen molar-refractivity contribution in [3.8, 4) is 0 Å². The molecule has 0 radical (unpaired) electrons. The molecule has 0 fully saturated rings. The van der Waals surface area contributed by atoms with Crippen molar-refractivity contribution in [2.24, 2.45) is 0 Å². The first-order chi connectivity index (χ1) is 4.33. The zero-order valence-electron chi connectivity index (χ0n) is 4.64. The van der Waals surface area contributed by atoms with Gasteiger partial charge >= 0.3 is 0 Å². The van der Waals surface area contributed by atoms with E-state index in [1.165, 1.54) is 0 Å². The highest BCUT2D eigenvalue weighted by atomic mass is 79.9. The Bertz CT molecular complexity index is 202. The molecule has 0 atom stereocenters. The van der Waals surface area contributed by atoms with Crippen LogP contribution in [-0.2, 0) is 5.88 Å². The molecule has 9 heavy (non-hydrogen) atoms. The third-order valence-corrected chi connectivity index (χ3v) is 1.68. The molecule has 1 rings (SSSR count). The molecule has 0 bridgehead atoms. The Hall–Kier alpha value is -0.0800. The summed E-state index contributed by atoms with van der Waals surface area (Å²) in [5.74, 6) is 0.472. The van der Waals surface area contributed by atoms with E-state index in [0.717, 1.165) is 10.2 Å². The molecule has 1 aromatic heterocycles. The van der Waals surface area contributed by atoms with Gasteiger partial charge in [-0.3, -0.25) is 4.98 Å². The van der Waals surface area contributed by atoms with E-state index >= 15 is 0 Å². The standard InChI is InChI=1S/C6H5BrClN/c7-5-1-2-9-6(3-5)4-8/h1-3H,4H2. The molecule has 1 heterocycles. The fourth-order valence-corrected chi connectivity index (χ4v) is 1.05. The maximum atomic E-state index is 5.52. The van der Waals surface area contributed by atoms with Crippen LogP contribution in [0.5, 0.6) is 0 Å². The van der Waals surface area contributed by atoms with Crippen LogP contribution in [0.3, 0.4) is 0 Å². The normalized spacial score (nSPS) is 9.56. The maximum Gasteiger partial charge on any atom is 0.0647 e. The van der Waals surface area contributed by atoms with Gasteiger partial charge in [-0.15, -0.1) is 11.6 Å². The molecule has 0 aliphatic carbocycles. The lowest BCUT2D eigenvalue weighted by molar-refractivity contribution is 1.16. The second-order valence-electron chi connectivity index (χ2n) is 1.60. The van der Waals surface area contributed by atoms with Crippen molar-refractivity contribution >= 4 is 27.5 Å². The molecular formula is C6H5BrClN. The Morgan fingerprint density at radius 3 is 2.89 bits per heavy atom. The van der Waals surface area contributed by atoms with Gasteiger partial charge in [0.25, 0.3) is 0 Å². The van der Waals surface area contributed by atoms with Gasteiger partial charge in [0.05, 0.1) is 11.6 Å². The lowest BCUT2D eigenvalue weighted by atomic mass is 10.4. The smallest absolute Gasteiger partial charge is 0.0647 e. The summed E-state index contributed by atoms with van der Waals surface area (Å²) in [5, 5.41) is 0. The highest BCUT2D eigenvalue weighted by Gasteiger charge is 1.90. The van der Waals surface area contributed by atoms with Gasteiger partial charge in [0.2, 0.25) is 0 Å². The summed E-state index contributed by atoms with van der Waals surface area (Å²) >= 11 is 8.82. The zero-order valence-corrected chi connectivity index (χ0v) is 6.98. The first kappa shape index (κ1) is 7.03.